The zero-order valence-corrected chi connectivity index (χ0v) is 22.1. The number of ketones is 2. The van der Waals surface area contributed by atoms with Gasteiger partial charge in [0.2, 0.25) is 0 Å². The summed E-state index contributed by atoms with van der Waals surface area (Å²) in [5, 5.41) is 0. The van der Waals surface area contributed by atoms with Gasteiger partial charge in [0.25, 0.3) is 0 Å². The maximum atomic E-state index is 13.9. The van der Waals surface area contributed by atoms with Crippen LogP contribution < -0.4 is 0 Å². The number of hydrogen-bond donors (Lipinski definition) is 0. The maximum Gasteiger partial charge on any atom is 0.151 e. The lowest BCUT2D eigenvalue weighted by molar-refractivity contribution is -0.137. The molecule has 0 saturated heterocycles. The Morgan fingerprint density at radius 1 is 0.765 bits per heavy atom. The van der Waals surface area contributed by atoms with Crippen LogP contribution in [-0.4, -0.2) is 11.6 Å². The van der Waals surface area contributed by atoms with Crippen LogP contribution in [0.15, 0.2) is 30.3 Å². The van der Waals surface area contributed by atoms with E-state index in [-0.39, 0.29) is 23.4 Å². The van der Waals surface area contributed by atoms with Crippen LogP contribution in [0.4, 0.5) is 0 Å². The van der Waals surface area contributed by atoms with Crippen molar-refractivity contribution in [1.29, 1.82) is 0 Å². The van der Waals surface area contributed by atoms with Crippen LogP contribution in [0, 0.1) is 23.7 Å². The van der Waals surface area contributed by atoms with E-state index >= 15 is 0 Å². The van der Waals surface area contributed by atoms with Gasteiger partial charge in [-0.15, -0.1) is 0 Å². The summed E-state index contributed by atoms with van der Waals surface area (Å²) in [6.07, 6.45) is 20.2. The molecule has 2 aliphatic rings. The van der Waals surface area contributed by atoms with Crippen molar-refractivity contribution in [1.82, 2.24) is 0 Å². The molecule has 3 rings (SSSR count). The van der Waals surface area contributed by atoms with Gasteiger partial charge in [0.05, 0.1) is 5.92 Å². The molecule has 0 amide bonds. The maximum absolute atomic E-state index is 13.9. The van der Waals surface area contributed by atoms with E-state index in [0.717, 1.165) is 37.2 Å². The van der Waals surface area contributed by atoms with E-state index in [2.05, 4.69) is 38.1 Å². The van der Waals surface area contributed by atoms with Crippen molar-refractivity contribution in [3.63, 3.8) is 0 Å². The molecule has 0 bridgehead atoms. The third-order valence-electron chi connectivity index (χ3n) is 8.85. The van der Waals surface area contributed by atoms with Crippen molar-refractivity contribution < 1.29 is 9.59 Å². The first kappa shape index (κ1) is 27.2. The lowest BCUT2D eigenvalue weighted by atomic mass is 9.67. The minimum atomic E-state index is -0.358. The summed E-state index contributed by atoms with van der Waals surface area (Å²) in [5.74, 6) is 1.79. The summed E-state index contributed by atoms with van der Waals surface area (Å²) in [6, 6.07) is 10.4. The van der Waals surface area contributed by atoms with Crippen molar-refractivity contribution in [2.75, 3.05) is 0 Å². The average Bonchev–Trinajstić information content (AvgIpc) is 2.86. The predicted molar refractivity (Wildman–Crippen MR) is 143 cm³/mol. The summed E-state index contributed by atoms with van der Waals surface area (Å²) in [5.41, 5.74) is 1.15. The number of unbranched alkanes of at least 4 members (excludes halogenated alkanes) is 6. The second-order valence-electron chi connectivity index (χ2n) is 11.4. The highest BCUT2D eigenvalue weighted by molar-refractivity contribution is 6.05. The molecule has 2 saturated carbocycles. The fourth-order valence-electron chi connectivity index (χ4n) is 6.72. The van der Waals surface area contributed by atoms with Gasteiger partial charge < -0.3 is 0 Å². The number of rotatable bonds is 14. The molecule has 0 heterocycles. The molecule has 0 aromatic heterocycles. The highest BCUT2D eigenvalue weighted by Gasteiger charge is 2.40. The van der Waals surface area contributed by atoms with E-state index in [4.69, 9.17) is 0 Å². The molecule has 2 nitrogen and oxygen atoms in total. The fourth-order valence-corrected chi connectivity index (χ4v) is 6.72. The molecule has 2 heteroatoms. The van der Waals surface area contributed by atoms with Crippen LogP contribution in [0.1, 0.15) is 134 Å². The van der Waals surface area contributed by atoms with Crippen molar-refractivity contribution in [2.24, 2.45) is 23.7 Å². The third-order valence-corrected chi connectivity index (χ3v) is 8.85. The monoisotopic (exact) mass is 466 g/mol. The van der Waals surface area contributed by atoms with Gasteiger partial charge in [0.15, 0.2) is 5.78 Å². The zero-order valence-electron chi connectivity index (χ0n) is 22.1. The van der Waals surface area contributed by atoms with Crippen LogP contribution in [0.5, 0.6) is 0 Å². The SMILES string of the molecule is CCCCCCCC1CCC(C(=O)C(c2ccccc2)C2CCC(CCCCC)CC2)C(=O)C1. The summed E-state index contributed by atoms with van der Waals surface area (Å²) in [6.45, 7) is 4.52. The second-order valence-corrected chi connectivity index (χ2v) is 11.4. The minimum Gasteiger partial charge on any atom is -0.299 e. The van der Waals surface area contributed by atoms with Gasteiger partial charge >= 0.3 is 0 Å². The number of Topliss-reactive ketones (excluding diaryl/α,β-unsaturated/α-hetero) is 2. The Bertz CT molecular complexity index is 716. The van der Waals surface area contributed by atoms with Crippen molar-refractivity contribution in [3.8, 4) is 0 Å². The number of carbonyl (C=O) groups excluding carboxylic acids is 2. The molecule has 3 unspecified atom stereocenters. The summed E-state index contributed by atoms with van der Waals surface area (Å²) < 4.78 is 0. The Morgan fingerprint density at radius 2 is 1.35 bits per heavy atom. The molecule has 34 heavy (non-hydrogen) atoms. The molecule has 190 valence electrons. The second kappa shape index (κ2) is 14.8. The van der Waals surface area contributed by atoms with Crippen LogP contribution in [0.2, 0.25) is 0 Å². The molecular formula is C32H50O2. The first-order valence-electron chi connectivity index (χ1n) is 14.7. The molecule has 0 radical (unpaired) electrons. The molecule has 1 aromatic carbocycles. The van der Waals surface area contributed by atoms with E-state index in [9.17, 15) is 9.59 Å². The predicted octanol–water partition coefficient (Wildman–Crippen LogP) is 9.07. The van der Waals surface area contributed by atoms with Gasteiger partial charge in [-0.3, -0.25) is 9.59 Å². The third kappa shape index (κ3) is 8.06. The molecule has 2 aliphatic carbocycles. The Morgan fingerprint density at radius 3 is 2.03 bits per heavy atom. The van der Waals surface area contributed by atoms with E-state index in [1.54, 1.807) is 0 Å². The Hall–Kier alpha value is -1.44. The summed E-state index contributed by atoms with van der Waals surface area (Å²) in [7, 11) is 0. The standard InChI is InChI=1S/C32H50O2/c1-3-5-7-8-11-15-26-20-23-29(30(33)24-26)32(34)31(27-16-12-9-13-17-27)28-21-18-25(19-22-28)14-10-6-4-2/h9,12-13,16-17,25-26,28-29,31H,3-8,10-11,14-15,18-24H2,1-2H3. The Labute approximate surface area is 209 Å². The van der Waals surface area contributed by atoms with Gasteiger partial charge in [0, 0.05) is 12.3 Å². The fraction of sp³-hybridized carbons (Fsp3) is 0.750. The van der Waals surface area contributed by atoms with Crippen LogP contribution >= 0.6 is 0 Å². The number of hydrogen-bond acceptors (Lipinski definition) is 2. The van der Waals surface area contributed by atoms with Gasteiger partial charge in [-0.05, 0) is 49.0 Å². The van der Waals surface area contributed by atoms with Gasteiger partial charge in [-0.25, -0.2) is 0 Å². The van der Waals surface area contributed by atoms with Crippen molar-refractivity contribution >= 4 is 11.6 Å². The van der Waals surface area contributed by atoms with E-state index in [1.165, 1.54) is 77.0 Å². The van der Waals surface area contributed by atoms with E-state index in [1.807, 2.05) is 6.07 Å². The number of benzene rings is 1. The first-order valence-corrected chi connectivity index (χ1v) is 14.7. The van der Waals surface area contributed by atoms with Gasteiger partial charge in [-0.2, -0.15) is 0 Å². The van der Waals surface area contributed by atoms with Crippen LogP contribution in [0.3, 0.4) is 0 Å². The smallest absolute Gasteiger partial charge is 0.151 e. The van der Waals surface area contributed by atoms with Gasteiger partial charge in [0.1, 0.15) is 5.78 Å². The van der Waals surface area contributed by atoms with E-state index < -0.39 is 0 Å². The Balaban J connectivity index is 1.58. The van der Waals surface area contributed by atoms with Crippen LogP contribution in [0.25, 0.3) is 0 Å². The summed E-state index contributed by atoms with van der Waals surface area (Å²) in [4.78, 5) is 27.1. The lowest BCUT2D eigenvalue weighted by Crippen LogP contribution is -2.37. The normalized spacial score (nSPS) is 26.4. The molecule has 0 aliphatic heterocycles. The topological polar surface area (TPSA) is 34.1 Å². The largest absolute Gasteiger partial charge is 0.299 e. The molecule has 0 spiro atoms. The van der Waals surface area contributed by atoms with E-state index in [0.29, 0.717) is 18.3 Å². The highest BCUT2D eigenvalue weighted by atomic mass is 16.2. The average molecular weight is 467 g/mol. The molecule has 3 atom stereocenters. The van der Waals surface area contributed by atoms with Crippen molar-refractivity contribution in [3.05, 3.63) is 35.9 Å². The molecule has 0 N–H and O–H groups in total. The van der Waals surface area contributed by atoms with Crippen molar-refractivity contribution in [2.45, 2.75) is 129 Å². The first-order chi connectivity index (χ1) is 16.6. The minimum absolute atomic E-state index is 0.0858. The zero-order chi connectivity index (χ0) is 24.2. The lowest BCUT2D eigenvalue weighted by Gasteiger charge is -2.36. The quantitative estimate of drug-likeness (QED) is 0.202. The molecule has 2 fully saturated rings. The summed E-state index contributed by atoms with van der Waals surface area (Å²) >= 11 is 0. The molecular weight excluding hydrogens is 416 g/mol. The molecule has 1 aromatic rings. The number of carbonyl (C=O) groups is 2. The highest BCUT2D eigenvalue weighted by Crippen LogP contribution is 2.43. The van der Waals surface area contributed by atoms with Gasteiger partial charge in [-0.1, -0.05) is 121 Å². The Kier molecular flexibility index (Phi) is 11.9. The van der Waals surface area contributed by atoms with Crippen LogP contribution in [-0.2, 0) is 9.59 Å².